The fourth-order valence-electron chi connectivity index (χ4n) is 3.57. The van der Waals surface area contributed by atoms with Gasteiger partial charge >= 0.3 is 0 Å². The molecule has 0 bridgehead atoms. The lowest BCUT2D eigenvalue weighted by atomic mass is 9.85. The lowest BCUT2D eigenvalue weighted by molar-refractivity contribution is -0.486. The highest BCUT2D eigenvalue weighted by Gasteiger charge is 2.37. The van der Waals surface area contributed by atoms with E-state index in [1.165, 1.54) is 29.2 Å². The number of nitrogens with one attached hydrogen (secondary N) is 2. The second kappa shape index (κ2) is 12.4. The molecule has 0 aliphatic heterocycles. The summed E-state index contributed by atoms with van der Waals surface area (Å²) in [5.41, 5.74) is -0.0839. The quantitative estimate of drug-likeness (QED) is 0.372. The van der Waals surface area contributed by atoms with E-state index in [1.807, 2.05) is 13.8 Å². The van der Waals surface area contributed by atoms with E-state index in [0.717, 1.165) is 0 Å². The van der Waals surface area contributed by atoms with Gasteiger partial charge in [0.1, 0.15) is 23.8 Å². The van der Waals surface area contributed by atoms with Gasteiger partial charge in [0.05, 0.1) is 0 Å². The van der Waals surface area contributed by atoms with Crippen molar-refractivity contribution in [3.05, 3.63) is 45.8 Å². The third-order valence-electron chi connectivity index (χ3n) is 5.32. The molecule has 3 amide bonds. The molecule has 0 spiro atoms. The molecule has 0 radical (unpaired) electrons. The minimum atomic E-state index is -1.04. The number of nitro groups is 1. The fraction of sp³-hybridized carbons (Fsp3) is 0.625. The Bertz CT molecular complexity index is 865. The maximum atomic E-state index is 13.3. The van der Waals surface area contributed by atoms with E-state index in [4.69, 9.17) is 0 Å². The van der Waals surface area contributed by atoms with Crippen LogP contribution in [0.4, 0.5) is 4.39 Å². The molecule has 0 saturated carbocycles. The summed E-state index contributed by atoms with van der Waals surface area (Å²) in [5.74, 6) is -2.75. The number of amides is 3. The van der Waals surface area contributed by atoms with Crippen molar-refractivity contribution in [2.75, 3.05) is 20.6 Å². The predicted octanol–water partition coefficient (Wildman–Crippen LogP) is 2.41. The summed E-state index contributed by atoms with van der Waals surface area (Å²) in [6, 6.07) is 3.64. The molecule has 1 rings (SSSR count). The largest absolute Gasteiger partial charge is 0.347 e. The van der Waals surface area contributed by atoms with Crippen molar-refractivity contribution >= 4 is 17.7 Å². The van der Waals surface area contributed by atoms with Crippen LogP contribution in [0.1, 0.15) is 46.6 Å². The molecule has 0 saturated heterocycles. The van der Waals surface area contributed by atoms with Gasteiger partial charge in [-0.15, -0.1) is 0 Å². The maximum absolute atomic E-state index is 13.3. The van der Waals surface area contributed by atoms with Crippen LogP contribution in [-0.4, -0.2) is 60.3 Å². The third kappa shape index (κ3) is 9.44. The Hall–Kier alpha value is -3.04. The number of hydrogen-bond acceptors (Lipinski definition) is 5. The van der Waals surface area contributed by atoms with Crippen LogP contribution in [0.3, 0.4) is 0 Å². The van der Waals surface area contributed by atoms with Crippen molar-refractivity contribution in [2.24, 2.45) is 17.3 Å². The first-order valence-electron chi connectivity index (χ1n) is 11.3. The van der Waals surface area contributed by atoms with Crippen LogP contribution >= 0.6 is 0 Å². The second-order valence-electron chi connectivity index (χ2n) is 10.3. The SMILES string of the molecule is CC(C)C[C@H](C[N+](=O)[O-])C(=O)N[C@H](C(=O)N[C@H](Cc1ccc(F)cc1)C(=O)N(C)C)C(C)(C)C. The number of carbonyl (C=O) groups excluding carboxylic acids is 3. The maximum Gasteiger partial charge on any atom is 0.244 e. The van der Waals surface area contributed by atoms with E-state index in [1.54, 1.807) is 34.9 Å². The normalized spacial score (nSPS) is 14.1. The Labute approximate surface area is 200 Å². The summed E-state index contributed by atoms with van der Waals surface area (Å²) in [6.07, 6.45) is 0.433. The van der Waals surface area contributed by atoms with Gasteiger partial charge in [0.25, 0.3) is 0 Å². The van der Waals surface area contributed by atoms with Crippen LogP contribution in [0.5, 0.6) is 0 Å². The molecule has 0 aliphatic carbocycles. The topological polar surface area (TPSA) is 122 Å². The van der Waals surface area contributed by atoms with E-state index in [-0.39, 0.29) is 18.2 Å². The molecule has 0 unspecified atom stereocenters. The summed E-state index contributed by atoms with van der Waals surface area (Å²) in [7, 11) is 3.12. The van der Waals surface area contributed by atoms with Crippen molar-refractivity contribution < 1.29 is 23.7 Å². The van der Waals surface area contributed by atoms with Crippen LogP contribution in [-0.2, 0) is 20.8 Å². The van der Waals surface area contributed by atoms with Crippen LogP contribution in [0.25, 0.3) is 0 Å². The molecule has 0 aliphatic rings. The molecule has 0 heterocycles. The predicted molar refractivity (Wildman–Crippen MR) is 127 cm³/mol. The molecule has 0 aromatic heterocycles. The van der Waals surface area contributed by atoms with E-state index in [0.29, 0.717) is 12.0 Å². The first kappa shape index (κ1) is 29.0. The Morgan fingerprint density at radius 1 is 1.06 bits per heavy atom. The van der Waals surface area contributed by atoms with Gasteiger partial charge in [-0.3, -0.25) is 24.5 Å². The zero-order valence-corrected chi connectivity index (χ0v) is 21.1. The fourth-order valence-corrected chi connectivity index (χ4v) is 3.57. The van der Waals surface area contributed by atoms with Crippen molar-refractivity contribution in [1.82, 2.24) is 15.5 Å². The van der Waals surface area contributed by atoms with Gasteiger partial charge in [-0.05, 0) is 35.4 Å². The van der Waals surface area contributed by atoms with Crippen LogP contribution in [0, 0.1) is 33.2 Å². The Morgan fingerprint density at radius 3 is 2.06 bits per heavy atom. The van der Waals surface area contributed by atoms with Crippen molar-refractivity contribution in [2.45, 2.75) is 59.5 Å². The van der Waals surface area contributed by atoms with Crippen LogP contribution in [0.15, 0.2) is 24.3 Å². The summed E-state index contributed by atoms with van der Waals surface area (Å²) < 4.78 is 13.3. The van der Waals surface area contributed by atoms with Crippen LogP contribution < -0.4 is 10.6 Å². The van der Waals surface area contributed by atoms with E-state index in [2.05, 4.69) is 10.6 Å². The lowest BCUT2D eigenvalue weighted by Crippen LogP contribution is -2.59. The van der Waals surface area contributed by atoms with Crippen molar-refractivity contribution in [3.8, 4) is 0 Å². The molecular weight excluding hydrogens is 443 g/mol. The Balaban J connectivity index is 3.13. The Kier molecular flexibility index (Phi) is 10.6. The van der Waals surface area contributed by atoms with Gasteiger partial charge in [0, 0.05) is 25.4 Å². The molecule has 1 aromatic rings. The highest BCUT2D eigenvalue weighted by atomic mass is 19.1. The highest BCUT2D eigenvalue weighted by Crippen LogP contribution is 2.22. The van der Waals surface area contributed by atoms with Gasteiger partial charge in [-0.2, -0.15) is 0 Å². The van der Waals surface area contributed by atoms with E-state index in [9.17, 15) is 28.9 Å². The van der Waals surface area contributed by atoms with Crippen molar-refractivity contribution in [1.29, 1.82) is 0 Å². The average Bonchev–Trinajstić information content (AvgIpc) is 2.70. The molecule has 0 fully saturated rings. The van der Waals surface area contributed by atoms with Gasteiger partial charge in [-0.1, -0.05) is 46.8 Å². The number of hydrogen-bond donors (Lipinski definition) is 2. The minimum absolute atomic E-state index is 0.0513. The number of halogens is 1. The standard InChI is InChI=1S/C24H37FN4O5/c1-15(2)12-17(14-29(33)34)21(30)27-20(24(3,4)5)22(31)26-19(23(32)28(6)7)13-16-8-10-18(25)11-9-16/h8-11,15,17,19-20H,12-14H2,1-7H3,(H,26,31)(H,27,30)/t17-,19-,20-/m1/s1. The molecule has 2 N–H and O–H groups in total. The number of likely N-dealkylation sites (N-methyl/N-ethyl adjacent to an activating group) is 1. The molecule has 3 atom stereocenters. The van der Waals surface area contributed by atoms with Gasteiger partial charge < -0.3 is 15.5 Å². The molecular formula is C24H37FN4O5. The number of nitrogens with zero attached hydrogens (tertiary/aromatic N) is 2. The van der Waals surface area contributed by atoms with E-state index < -0.39 is 52.5 Å². The van der Waals surface area contributed by atoms with Crippen LogP contribution in [0.2, 0.25) is 0 Å². The summed E-state index contributed by atoms with van der Waals surface area (Å²) in [5, 5.41) is 16.5. The highest BCUT2D eigenvalue weighted by molar-refractivity contribution is 5.93. The smallest absolute Gasteiger partial charge is 0.244 e. The third-order valence-corrected chi connectivity index (χ3v) is 5.32. The zero-order valence-electron chi connectivity index (χ0n) is 21.1. The number of carbonyl (C=O) groups is 3. The number of rotatable bonds is 11. The molecule has 9 nitrogen and oxygen atoms in total. The zero-order chi connectivity index (χ0) is 26.2. The first-order valence-corrected chi connectivity index (χ1v) is 11.3. The van der Waals surface area contributed by atoms with Gasteiger partial charge in [-0.25, -0.2) is 4.39 Å². The molecule has 1 aromatic carbocycles. The monoisotopic (exact) mass is 480 g/mol. The number of benzene rings is 1. The summed E-state index contributed by atoms with van der Waals surface area (Å²) in [4.78, 5) is 50.9. The summed E-state index contributed by atoms with van der Waals surface area (Å²) in [6.45, 7) is 8.46. The van der Waals surface area contributed by atoms with Gasteiger partial charge in [0.2, 0.25) is 24.3 Å². The molecule has 10 heteroatoms. The van der Waals surface area contributed by atoms with Gasteiger partial charge in [0.15, 0.2) is 0 Å². The summed E-state index contributed by atoms with van der Waals surface area (Å²) >= 11 is 0. The van der Waals surface area contributed by atoms with E-state index >= 15 is 0 Å². The minimum Gasteiger partial charge on any atom is -0.347 e. The lowest BCUT2D eigenvalue weighted by Gasteiger charge is -2.33. The second-order valence-corrected chi connectivity index (χ2v) is 10.3. The molecule has 34 heavy (non-hydrogen) atoms. The van der Waals surface area contributed by atoms with Crippen molar-refractivity contribution in [3.63, 3.8) is 0 Å². The first-order chi connectivity index (χ1) is 15.6. The Morgan fingerprint density at radius 2 is 1.62 bits per heavy atom. The molecule has 190 valence electrons. The average molecular weight is 481 g/mol.